The molecule has 0 saturated carbocycles. The van der Waals surface area contributed by atoms with Crippen molar-refractivity contribution in [2.75, 3.05) is 6.26 Å². The summed E-state index contributed by atoms with van der Waals surface area (Å²) < 4.78 is 30.5. The lowest BCUT2D eigenvalue weighted by atomic mass is 9.86. The monoisotopic (exact) mass is 739 g/mol. The van der Waals surface area contributed by atoms with Crippen LogP contribution in [0.3, 0.4) is 0 Å². The normalized spacial score (nSPS) is 14.0. The standard InChI is InChI=1S/C37H45N3O11S/c1-23(2)29(37(48)38-27(19-34(44)45)14-15-52(4,49)50)20-32(41)30(16-26-21-40(3)31-13-9-8-12-28(26)31)39-36(47)25(17-33(42)43)18-35(46)51-22-24-10-6-5-7-11-24/h5-15,21,23,25,27,29-30H,16-20,22H2,1-4H3,(H,38,48)(H,39,47)(H,42,43)(H,44,45)/b15-14+/t25-,27-,29-,30+/m1/s1. The minimum Gasteiger partial charge on any atom is -0.481 e. The van der Waals surface area contributed by atoms with Crippen molar-refractivity contribution in [3.8, 4) is 0 Å². The van der Waals surface area contributed by atoms with E-state index < -0.39 is 101 Å². The zero-order valence-electron chi connectivity index (χ0n) is 29.5. The smallest absolute Gasteiger partial charge is 0.306 e. The van der Waals surface area contributed by atoms with Crippen LogP contribution in [-0.4, -0.2) is 77.0 Å². The summed E-state index contributed by atoms with van der Waals surface area (Å²) in [6.07, 6.45) is 1.43. The molecular weight excluding hydrogens is 694 g/mol. The number of amides is 2. The van der Waals surface area contributed by atoms with Crippen LogP contribution in [0.25, 0.3) is 10.9 Å². The molecule has 4 atom stereocenters. The SMILES string of the molecule is CC(C)[C@@H](CC(=O)[C@H](Cc1cn(C)c2ccccc12)NC(=O)[C@H](CC(=O)O)CC(=O)OCc1ccccc1)C(=O)N[C@H](/C=C/S(C)(=O)=O)CC(=O)O. The van der Waals surface area contributed by atoms with Crippen LogP contribution in [0.2, 0.25) is 0 Å². The molecule has 1 aromatic heterocycles. The van der Waals surface area contributed by atoms with Gasteiger partial charge in [0, 0.05) is 54.6 Å². The Morgan fingerprint density at radius 3 is 2.10 bits per heavy atom. The molecule has 4 N–H and O–H groups in total. The molecule has 0 aliphatic heterocycles. The first-order valence-electron chi connectivity index (χ1n) is 16.6. The lowest BCUT2D eigenvalue weighted by Gasteiger charge is -2.26. The van der Waals surface area contributed by atoms with E-state index in [1.54, 1.807) is 50.4 Å². The molecule has 0 fully saturated rings. The second-order valence-electron chi connectivity index (χ2n) is 13.1. The lowest BCUT2D eigenvalue weighted by Crippen LogP contribution is -2.48. The quantitative estimate of drug-likeness (QED) is 0.124. The molecule has 15 heteroatoms. The van der Waals surface area contributed by atoms with Crippen LogP contribution in [0.1, 0.15) is 50.7 Å². The van der Waals surface area contributed by atoms with Crippen LogP contribution in [0, 0.1) is 17.8 Å². The van der Waals surface area contributed by atoms with Crippen LogP contribution in [0.15, 0.2) is 72.3 Å². The number of aliphatic carboxylic acids is 2. The van der Waals surface area contributed by atoms with Crippen molar-refractivity contribution in [3.63, 3.8) is 0 Å². The number of para-hydroxylation sites is 1. The largest absolute Gasteiger partial charge is 0.481 e. The number of nitrogens with zero attached hydrogens (tertiary/aromatic N) is 1. The fourth-order valence-corrected chi connectivity index (χ4v) is 6.16. The number of nitrogens with one attached hydrogen (secondary N) is 2. The lowest BCUT2D eigenvalue weighted by molar-refractivity contribution is -0.150. The Morgan fingerprint density at radius 2 is 1.48 bits per heavy atom. The first-order chi connectivity index (χ1) is 24.4. The third-order valence-electron chi connectivity index (χ3n) is 8.40. The van der Waals surface area contributed by atoms with E-state index in [4.69, 9.17) is 4.74 Å². The minimum absolute atomic E-state index is 0.0324. The van der Waals surface area contributed by atoms with Crippen molar-refractivity contribution < 1.29 is 52.1 Å². The summed E-state index contributed by atoms with van der Waals surface area (Å²) in [6.45, 7) is 3.27. The van der Waals surface area contributed by atoms with Gasteiger partial charge in [-0.25, -0.2) is 8.42 Å². The van der Waals surface area contributed by atoms with E-state index in [1.165, 1.54) is 0 Å². The first-order valence-corrected chi connectivity index (χ1v) is 18.6. The molecule has 0 spiro atoms. The summed E-state index contributed by atoms with van der Waals surface area (Å²) in [5.74, 6) is -8.44. The minimum atomic E-state index is -3.64. The van der Waals surface area contributed by atoms with Crippen molar-refractivity contribution in [2.24, 2.45) is 24.8 Å². The van der Waals surface area contributed by atoms with E-state index in [2.05, 4.69) is 10.6 Å². The van der Waals surface area contributed by atoms with E-state index in [0.29, 0.717) is 11.1 Å². The number of carbonyl (C=O) groups excluding carboxylic acids is 4. The second kappa shape index (κ2) is 18.8. The molecule has 3 rings (SSSR count). The number of Topliss-reactive ketones (excluding diaryl/α,β-unsaturated/α-hetero) is 1. The molecule has 0 aliphatic carbocycles. The van der Waals surface area contributed by atoms with E-state index >= 15 is 0 Å². The highest BCUT2D eigenvalue weighted by molar-refractivity contribution is 7.93. The Hall–Kier alpha value is -5.31. The van der Waals surface area contributed by atoms with Crippen LogP contribution >= 0.6 is 0 Å². The number of rotatable bonds is 20. The molecule has 0 aliphatic rings. The molecule has 2 amide bonds. The summed E-state index contributed by atoms with van der Waals surface area (Å²) in [7, 11) is -1.82. The van der Waals surface area contributed by atoms with Gasteiger partial charge in [0.05, 0.1) is 37.3 Å². The summed E-state index contributed by atoms with van der Waals surface area (Å²) >= 11 is 0. The van der Waals surface area contributed by atoms with Crippen LogP contribution in [-0.2, 0) is 63.4 Å². The Morgan fingerprint density at radius 1 is 0.846 bits per heavy atom. The van der Waals surface area contributed by atoms with Crippen LogP contribution in [0.4, 0.5) is 0 Å². The van der Waals surface area contributed by atoms with Crippen molar-refractivity contribution >= 4 is 56.2 Å². The average Bonchev–Trinajstić information content (AvgIpc) is 3.38. The number of hydrogen-bond donors (Lipinski definition) is 4. The van der Waals surface area contributed by atoms with Crippen LogP contribution in [0.5, 0.6) is 0 Å². The number of ketones is 1. The fraction of sp³-hybridized carbons (Fsp3) is 0.405. The van der Waals surface area contributed by atoms with E-state index in [0.717, 1.165) is 28.6 Å². The summed E-state index contributed by atoms with van der Waals surface area (Å²) in [5.41, 5.74) is 2.23. The van der Waals surface area contributed by atoms with Gasteiger partial charge in [0.25, 0.3) is 0 Å². The maximum atomic E-state index is 14.1. The molecular formula is C37H45N3O11S. The molecule has 14 nitrogen and oxygen atoms in total. The third kappa shape index (κ3) is 13.1. The predicted octanol–water partition coefficient (Wildman–Crippen LogP) is 3.18. The number of esters is 1. The molecule has 0 bridgehead atoms. The Bertz CT molecular complexity index is 1900. The number of fused-ring (bicyclic) bond motifs is 1. The van der Waals surface area contributed by atoms with Gasteiger partial charge in [-0.15, -0.1) is 0 Å². The van der Waals surface area contributed by atoms with Gasteiger partial charge in [-0.3, -0.25) is 28.8 Å². The van der Waals surface area contributed by atoms with Crippen molar-refractivity contribution in [2.45, 2.75) is 64.6 Å². The first kappa shape index (κ1) is 41.1. The summed E-state index contributed by atoms with van der Waals surface area (Å²) in [4.78, 5) is 77.2. The molecule has 0 unspecified atom stereocenters. The molecule has 1 heterocycles. The molecule has 52 heavy (non-hydrogen) atoms. The fourth-order valence-electron chi connectivity index (χ4n) is 5.68. The van der Waals surface area contributed by atoms with E-state index in [1.807, 2.05) is 35.9 Å². The molecule has 280 valence electrons. The number of carbonyl (C=O) groups is 6. The second-order valence-corrected chi connectivity index (χ2v) is 15.0. The molecule has 0 saturated heterocycles. The van der Waals surface area contributed by atoms with Crippen molar-refractivity contribution in [1.29, 1.82) is 0 Å². The highest BCUT2D eigenvalue weighted by Gasteiger charge is 2.34. The number of aromatic nitrogens is 1. The van der Waals surface area contributed by atoms with Gasteiger partial charge in [0.1, 0.15) is 6.61 Å². The van der Waals surface area contributed by atoms with E-state index in [9.17, 15) is 47.4 Å². The summed E-state index contributed by atoms with van der Waals surface area (Å²) in [6, 6.07) is 13.7. The number of sulfone groups is 1. The Kier molecular flexibility index (Phi) is 14.9. The third-order valence-corrected chi connectivity index (χ3v) is 9.05. The van der Waals surface area contributed by atoms with Crippen molar-refractivity contribution in [1.82, 2.24) is 15.2 Å². The highest BCUT2D eigenvalue weighted by Crippen LogP contribution is 2.24. The van der Waals surface area contributed by atoms with Gasteiger partial charge in [0.2, 0.25) is 11.8 Å². The molecule has 0 radical (unpaired) electrons. The van der Waals surface area contributed by atoms with Gasteiger partial charge in [-0.2, -0.15) is 0 Å². The Balaban J connectivity index is 1.89. The predicted molar refractivity (Wildman–Crippen MR) is 191 cm³/mol. The van der Waals surface area contributed by atoms with Gasteiger partial charge in [-0.05, 0) is 23.1 Å². The zero-order chi connectivity index (χ0) is 38.6. The van der Waals surface area contributed by atoms with Crippen molar-refractivity contribution in [3.05, 3.63) is 83.4 Å². The van der Waals surface area contributed by atoms with Gasteiger partial charge in [-0.1, -0.05) is 68.5 Å². The molecule has 2 aromatic carbocycles. The highest BCUT2D eigenvalue weighted by atomic mass is 32.2. The number of ether oxygens (including phenoxy) is 1. The zero-order valence-corrected chi connectivity index (χ0v) is 30.3. The van der Waals surface area contributed by atoms with Gasteiger partial charge in [0.15, 0.2) is 15.6 Å². The summed E-state index contributed by atoms with van der Waals surface area (Å²) in [5, 5.41) is 25.7. The van der Waals surface area contributed by atoms with Gasteiger partial charge >= 0.3 is 17.9 Å². The van der Waals surface area contributed by atoms with Crippen LogP contribution < -0.4 is 10.6 Å². The average molecular weight is 740 g/mol. The number of aryl methyl sites for hydroxylation is 1. The number of benzene rings is 2. The topological polar surface area (TPSA) is 215 Å². The number of carboxylic acid groups (broad SMARTS) is 2. The maximum Gasteiger partial charge on any atom is 0.306 e. The number of carboxylic acids is 2. The number of hydrogen-bond acceptors (Lipinski definition) is 9. The van der Waals surface area contributed by atoms with E-state index in [-0.39, 0.29) is 13.0 Å². The Labute approximate surface area is 302 Å². The molecule has 3 aromatic rings. The van der Waals surface area contributed by atoms with Gasteiger partial charge < -0.3 is 30.2 Å². The maximum absolute atomic E-state index is 14.1.